The summed E-state index contributed by atoms with van der Waals surface area (Å²) < 4.78 is 22.7. The highest BCUT2D eigenvalue weighted by molar-refractivity contribution is 6.01. The lowest BCUT2D eigenvalue weighted by atomic mass is 10.1. The van der Waals surface area contributed by atoms with Crippen LogP contribution >= 0.6 is 0 Å². The van der Waals surface area contributed by atoms with Gasteiger partial charge in [0.05, 0.1) is 6.61 Å². The van der Waals surface area contributed by atoms with Crippen LogP contribution in [0, 0.1) is 0 Å². The van der Waals surface area contributed by atoms with Gasteiger partial charge >= 0.3 is 5.97 Å². The smallest absolute Gasteiger partial charge is 0.335 e. The van der Waals surface area contributed by atoms with Crippen LogP contribution in [0.5, 0.6) is 17.2 Å². The van der Waals surface area contributed by atoms with Crippen LogP contribution in [0.1, 0.15) is 38.3 Å². The molecular formula is C30H35NO6. The van der Waals surface area contributed by atoms with Gasteiger partial charge in [0.2, 0.25) is 0 Å². The topological polar surface area (TPSA) is 75.6 Å². The van der Waals surface area contributed by atoms with E-state index in [0.717, 1.165) is 29.0 Å². The lowest BCUT2D eigenvalue weighted by Crippen LogP contribution is -2.29. The molecule has 0 N–H and O–H groups in total. The Morgan fingerprint density at radius 3 is 2.27 bits per heavy atom. The number of rotatable bonds is 15. The molecule has 37 heavy (non-hydrogen) atoms. The summed E-state index contributed by atoms with van der Waals surface area (Å²) in [5.74, 6) is 1.79. The first-order chi connectivity index (χ1) is 18.1. The second-order valence-corrected chi connectivity index (χ2v) is 8.15. The largest absolute Gasteiger partial charge is 0.487 e. The molecule has 0 spiro atoms. The van der Waals surface area contributed by atoms with Crippen molar-refractivity contribution in [2.24, 2.45) is 5.16 Å². The number of nitrogens with zero attached hydrogens (tertiary/aromatic N) is 1. The summed E-state index contributed by atoms with van der Waals surface area (Å²) in [6.45, 7) is 7.12. The molecule has 0 saturated heterocycles. The van der Waals surface area contributed by atoms with Crippen LogP contribution in [0.25, 0.3) is 0 Å². The molecule has 0 aliphatic heterocycles. The molecule has 0 heterocycles. The first-order valence-electron chi connectivity index (χ1n) is 12.6. The third-order valence-electron chi connectivity index (χ3n) is 5.25. The monoisotopic (exact) mass is 505 g/mol. The van der Waals surface area contributed by atoms with Crippen molar-refractivity contribution in [3.63, 3.8) is 0 Å². The van der Waals surface area contributed by atoms with Crippen molar-refractivity contribution >= 4 is 11.7 Å². The average molecular weight is 506 g/mol. The molecule has 0 aliphatic rings. The molecule has 3 rings (SSSR count). The van der Waals surface area contributed by atoms with Crippen molar-refractivity contribution in [3.05, 3.63) is 90.0 Å². The summed E-state index contributed by atoms with van der Waals surface area (Å²) in [5.41, 5.74) is 2.43. The molecule has 3 aromatic carbocycles. The highest BCUT2D eigenvalue weighted by Gasteiger charge is 2.20. The van der Waals surface area contributed by atoms with E-state index >= 15 is 0 Å². The van der Waals surface area contributed by atoms with E-state index in [4.69, 9.17) is 23.8 Å². The van der Waals surface area contributed by atoms with Crippen LogP contribution in [-0.4, -0.2) is 44.2 Å². The van der Waals surface area contributed by atoms with Crippen LogP contribution in [0.3, 0.4) is 0 Å². The van der Waals surface area contributed by atoms with Crippen LogP contribution in [0.4, 0.5) is 0 Å². The summed E-state index contributed by atoms with van der Waals surface area (Å²) in [6.07, 6.45) is 0.592. The van der Waals surface area contributed by atoms with Gasteiger partial charge in [-0.1, -0.05) is 42.4 Å². The van der Waals surface area contributed by atoms with Gasteiger partial charge in [-0.15, -0.1) is 0 Å². The fourth-order valence-corrected chi connectivity index (χ4v) is 3.49. The maximum Gasteiger partial charge on any atom is 0.335 e. The predicted octanol–water partition coefficient (Wildman–Crippen LogP) is 6.20. The van der Waals surface area contributed by atoms with Gasteiger partial charge in [-0.05, 0) is 74.4 Å². The van der Waals surface area contributed by atoms with Crippen molar-refractivity contribution in [3.8, 4) is 17.2 Å². The minimum atomic E-state index is -0.656. The molecule has 3 aromatic rings. The minimum Gasteiger partial charge on any atom is -0.487 e. The van der Waals surface area contributed by atoms with Gasteiger partial charge < -0.3 is 23.8 Å². The Labute approximate surface area is 219 Å². The van der Waals surface area contributed by atoms with Crippen molar-refractivity contribution in [1.82, 2.24) is 0 Å². The second kappa shape index (κ2) is 15.3. The van der Waals surface area contributed by atoms with Gasteiger partial charge in [-0.3, -0.25) is 0 Å². The Morgan fingerprint density at radius 1 is 0.838 bits per heavy atom. The van der Waals surface area contributed by atoms with E-state index < -0.39 is 6.10 Å². The predicted molar refractivity (Wildman–Crippen MR) is 143 cm³/mol. The zero-order chi connectivity index (χ0) is 26.3. The fourth-order valence-electron chi connectivity index (χ4n) is 3.49. The van der Waals surface area contributed by atoms with Gasteiger partial charge in [0.25, 0.3) is 0 Å². The standard InChI is InChI=1S/C30H35NO6/c1-4-19-36-31-28(24-15-17-26(18-16-24)37-25-12-8-7-9-13-25)22-35-27-14-10-11-23(20-27)21-29(33-5-2)30(32)34-6-3/h7-18,20,29H,4-6,19,21-22H2,1-3H3. The van der Waals surface area contributed by atoms with Crippen molar-refractivity contribution in [2.75, 3.05) is 26.4 Å². The van der Waals surface area contributed by atoms with E-state index in [1.54, 1.807) is 6.92 Å². The zero-order valence-corrected chi connectivity index (χ0v) is 21.7. The molecule has 0 aliphatic carbocycles. The molecule has 0 saturated carbocycles. The number of carbonyl (C=O) groups excluding carboxylic acids is 1. The average Bonchev–Trinajstić information content (AvgIpc) is 2.92. The van der Waals surface area contributed by atoms with Gasteiger partial charge in [0, 0.05) is 18.6 Å². The lowest BCUT2D eigenvalue weighted by molar-refractivity contribution is -0.156. The molecule has 1 unspecified atom stereocenters. The molecule has 0 amide bonds. The molecule has 0 bridgehead atoms. The lowest BCUT2D eigenvalue weighted by Gasteiger charge is -2.16. The maximum atomic E-state index is 12.2. The first-order valence-corrected chi connectivity index (χ1v) is 12.6. The van der Waals surface area contributed by atoms with Crippen LogP contribution in [0.2, 0.25) is 0 Å². The number of carbonyl (C=O) groups is 1. The highest BCUT2D eigenvalue weighted by atomic mass is 16.6. The van der Waals surface area contributed by atoms with Gasteiger partial charge in [0.15, 0.2) is 6.10 Å². The number of para-hydroxylation sites is 1. The minimum absolute atomic E-state index is 0.207. The normalized spacial score (nSPS) is 12.0. The number of oxime groups is 1. The van der Waals surface area contributed by atoms with Crippen molar-refractivity contribution < 1.29 is 28.6 Å². The Balaban J connectivity index is 1.68. The maximum absolute atomic E-state index is 12.2. The molecule has 0 aromatic heterocycles. The highest BCUT2D eigenvalue weighted by Crippen LogP contribution is 2.22. The molecule has 0 fully saturated rings. The summed E-state index contributed by atoms with van der Waals surface area (Å²) in [4.78, 5) is 17.7. The third kappa shape index (κ3) is 9.28. The van der Waals surface area contributed by atoms with Gasteiger partial charge in [-0.25, -0.2) is 4.79 Å². The Kier molecular flexibility index (Phi) is 11.5. The third-order valence-corrected chi connectivity index (χ3v) is 5.25. The zero-order valence-electron chi connectivity index (χ0n) is 21.7. The second-order valence-electron chi connectivity index (χ2n) is 8.15. The van der Waals surface area contributed by atoms with Crippen LogP contribution in [-0.2, 0) is 25.5 Å². The molecule has 0 radical (unpaired) electrons. The number of ether oxygens (including phenoxy) is 4. The van der Waals surface area contributed by atoms with Crippen LogP contribution in [0.15, 0.2) is 84.0 Å². The molecule has 7 nitrogen and oxygen atoms in total. The summed E-state index contributed by atoms with van der Waals surface area (Å²) >= 11 is 0. The molecule has 7 heteroatoms. The Hall–Kier alpha value is -3.84. The molecular weight excluding hydrogens is 470 g/mol. The fraction of sp³-hybridized carbons (Fsp3) is 0.333. The number of hydrogen-bond donors (Lipinski definition) is 0. The summed E-state index contributed by atoms with van der Waals surface area (Å²) in [6, 6.07) is 24.8. The summed E-state index contributed by atoms with van der Waals surface area (Å²) in [7, 11) is 0. The van der Waals surface area contributed by atoms with Gasteiger partial charge in [-0.2, -0.15) is 0 Å². The van der Waals surface area contributed by atoms with E-state index in [0.29, 0.717) is 37.7 Å². The Morgan fingerprint density at radius 2 is 1.57 bits per heavy atom. The van der Waals surface area contributed by atoms with E-state index in [-0.39, 0.29) is 12.6 Å². The van der Waals surface area contributed by atoms with Crippen molar-refractivity contribution in [1.29, 1.82) is 0 Å². The number of benzene rings is 3. The molecule has 1 atom stereocenters. The van der Waals surface area contributed by atoms with Crippen LogP contribution < -0.4 is 9.47 Å². The van der Waals surface area contributed by atoms with Gasteiger partial charge in [0.1, 0.15) is 36.2 Å². The SMILES string of the molecule is CCCON=C(COc1cccc(CC(OCC)C(=O)OCC)c1)c1ccc(Oc2ccccc2)cc1. The van der Waals surface area contributed by atoms with E-state index in [1.807, 2.05) is 92.7 Å². The van der Waals surface area contributed by atoms with E-state index in [1.165, 1.54) is 0 Å². The first kappa shape index (κ1) is 27.7. The molecule has 196 valence electrons. The summed E-state index contributed by atoms with van der Waals surface area (Å²) in [5, 5.41) is 4.32. The number of esters is 1. The quantitative estimate of drug-likeness (QED) is 0.106. The van der Waals surface area contributed by atoms with E-state index in [2.05, 4.69) is 5.16 Å². The number of hydrogen-bond acceptors (Lipinski definition) is 7. The van der Waals surface area contributed by atoms with Crippen molar-refractivity contribution in [2.45, 2.75) is 39.7 Å². The van der Waals surface area contributed by atoms with E-state index in [9.17, 15) is 4.79 Å². The Bertz CT molecular complexity index is 1110.